The second-order valence-electron chi connectivity index (χ2n) is 5.59. The van der Waals surface area contributed by atoms with Crippen molar-refractivity contribution in [2.75, 3.05) is 27.7 Å². The molecular weight excluding hydrogens is 293 g/mol. The van der Waals surface area contributed by atoms with E-state index in [4.69, 9.17) is 9.63 Å². The molecule has 6 nitrogen and oxygen atoms in total. The maximum absolute atomic E-state index is 10.7. The quantitative estimate of drug-likeness (QED) is 0.445. The van der Waals surface area contributed by atoms with Gasteiger partial charge in [-0.15, -0.1) is 0 Å². The zero-order valence-electron chi connectivity index (χ0n) is 12.6. The Hall–Kier alpha value is -1.01. The minimum absolute atomic E-state index is 0.245. The van der Waals surface area contributed by atoms with Crippen LogP contribution in [0, 0.1) is 0 Å². The van der Waals surface area contributed by atoms with E-state index in [1.54, 1.807) is 6.08 Å². The van der Waals surface area contributed by atoms with Crippen LogP contribution >= 0.6 is 7.82 Å². The van der Waals surface area contributed by atoms with Crippen molar-refractivity contribution in [3.8, 4) is 0 Å². The van der Waals surface area contributed by atoms with Crippen LogP contribution in [-0.2, 0) is 20.4 Å². The molecule has 0 spiro atoms. The molecule has 0 saturated carbocycles. The lowest BCUT2D eigenvalue weighted by molar-refractivity contribution is -0.920. The van der Waals surface area contributed by atoms with Crippen LogP contribution in [-0.4, -0.2) is 43.4 Å². The molecule has 1 aromatic rings. The van der Waals surface area contributed by atoms with Crippen LogP contribution in [0.1, 0.15) is 11.1 Å². The predicted octanol–water partition coefficient (Wildman–Crippen LogP) is 1.36. The van der Waals surface area contributed by atoms with E-state index in [-0.39, 0.29) is 6.61 Å². The molecule has 0 saturated heterocycles. The Labute approximate surface area is 125 Å². The summed E-state index contributed by atoms with van der Waals surface area (Å²) in [5, 5.41) is 0. The van der Waals surface area contributed by atoms with Crippen molar-refractivity contribution in [2.24, 2.45) is 0 Å². The summed E-state index contributed by atoms with van der Waals surface area (Å²) in [4.78, 5) is 19.4. The van der Waals surface area contributed by atoms with E-state index in [1.165, 1.54) is 0 Å². The monoisotopic (exact) mass is 315 g/mol. The van der Waals surface area contributed by atoms with Crippen LogP contribution < -0.4 is 4.89 Å². The van der Waals surface area contributed by atoms with Crippen LogP contribution in [0.4, 0.5) is 0 Å². The third-order valence-electron chi connectivity index (χ3n) is 2.90. The predicted molar refractivity (Wildman–Crippen MR) is 78.9 cm³/mol. The van der Waals surface area contributed by atoms with Crippen molar-refractivity contribution in [3.63, 3.8) is 0 Å². The summed E-state index contributed by atoms with van der Waals surface area (Å²) in [5.41, 5.74) is 1.96. The second kappa shape index (κ2) is 7.31. The van der Waals surface area contributed by atoms with Gasteiger partial charge in [-0.25, -0.2) is 0 Å². The van der Waals surface area contributed by atoms with Crippen LogP contribution in [0.3, 0.4) is 0 Å². The van der Waals surface area contributed by atoms with Crippen LogP contribution in [0.25, 0.3) is 6.08 Å². The molecule has 2 unspecified atom stereocenters. The van der Waals surface area contributed by atoms with Gasteiger partial charge in [0.15, 0.2) is 0 Å². The standard InChI is InChI=1S/C14H22NO5P/c1-5-12-6-8-13(9-7-12)10-19-14(15(2,3)4)11-20-21(16,17)18/h5-9,14H,1,10-11H2,2-4H3,(H-,16,17,18). The van der Waals surface area contributed by atoms with Gasteiger partial charge < -0.3 is 23.5 Å². The first kappa shape index (κ1) is 18.0. The fourth-order valence-electron chi connectivity index (χ4n) is 1.60. The van der Waals surface area contributed by atoms with Gasteiger partial charge in [0.05, 0.1) is 27.7 Å². The first-order chi connectivity index (χ1) is 9.62. The number of phosphoric ester groups is 1. The molecule has 0 amide bonds. The Morgan fingerprint density at radius 3 is 2.38 bits per heavy atom. The Kier molecular flexibility index (Phi) is 6.28. The lowest BCUT2D eigenvalue weighted by atomic mass is 10.1. The van der Waals surface area contributed by atoms with E-state index in [0.29, 0.717) is 11.1 Å². The number of likely N-dealkylation sites (N-methyl/N-ethyl adjacent to an activating group) is 1. The highest BCUT2D eigenvalue weighted by molar-refractivity contribution is 7.44. The van der Waals surface area contributed by atoms with Gasteiger partial charge in [0.1, 0.15) is 6.61 Å². The maximum Gasteiger partial charge on any atom is 0.265 e. The molecule has 0 fully saturated rings. The highest BCUT2D eigenvalue weighted by Crippen LogP contribution is 2.31. The topological polar surface area (TPSA) is 78.8 Å². The van der Waals surface area contributed by atoms with Gasteiger partial charge in [-0.05, 0) is 11.1 Å². The first-order valence-electron chi connectivity index (χ1n) is 6.44. The summed E-state index contributed by atoms with van der Waals surface area (Å²) in [6.45, 7) is 3.75. The third-order valence-corrected chi connectivity index (χ3v) is 3.38. The Morgan fingerprint density at radius 1 is 1.38 bits per heavy atom. The Morgan fingerprint density at radius 2 is 1.95 bits per heavy atom. The molecule has 118 valence electrons. The lowest BCUT2D eigenvalue weighted by Crippen LogP contribution is -2.49. The Balaban J connectivity index is 2.64. The molecule has 0 radical (unpaired) electrons. The minimum atomic E-state index is -4.75. The second-order valence-corrected chi connectivity index (χ2v) is 6.79. The fraction of sp³-hybridized carbons (Fsp3) is 0.429. The number of benzene rings is 1. The minimum Gasteiger partial charge on any atom is -0.756 e. The smallest absolute Gasteiger partial charge is 0.265 e. The van der Waals surface area contributed by atoms with E-state index in [0.717, 1.165) is 11.1 Å². The number of nitrogens with zero attached hydrogens (tertiary/aromatic N) is 1. The van der Waals surface area contributed by atoms with Crippen molar-refractivity contribution in [1.29, 1.82) is 0 Å². The third kappa shape index (κ3) is 7.00. The molecule has 2 atom stereocenters. The molecule has 0 heterocycles. The van der Waals surface area contributed by atoms with Crippen molar-refractivity contribution >= 4 is 13.9 Å². The van der Waals surface area contributed by atoms with Crippen molar-refractivity contribution < 1.29 is 28.1 Å². The maximum atomic E-state index is 10.7. The van der Waals surface area contributed by atoms with Gasteiger partial charge in [0.25, 0.3) is 7.82 Å². The van der Waals surface area contributed by atoms with E-state index in [2.05, 4.69) is 11.1 Å². The molecule has 1 rings (SSSR count). The van der Waals surface area contributed by atoms with Gasteiger partial charge >= 0.3 is 0 Å². The first-order valence-corrected chi connectivity index (χ1v) is 7.94. The van der Waals surface area contributed by atoms with Gasteiger partial charge in [-0.1, -0.05) is 36.9 Å². The highest BCUT2D eigenvalue weighted by atomic mass is 31.2. The number of phosphoric acid groups is 1. The van der Waals surface area contributed by atoms with Crippen LogP contribution in [0.2, 0.25) is 0 Å². The van der Waals surface area contributed by atoms with Crippen molar-refractivity contribution in [2.45, 2.75) is 12.8 Å². The van der Waals surface area contributed by atoms with Crippen molar-refractivity contribution in [1.82, 2.24) is 0 Å². The summed E-state index contributed by atoms with van der Waals surface area (Å²) >= 11 is 0. The van der Waals surface area contributed by atoms with E-state index in [9.17, 15) is 9.46 Å². The number of rotatable bonds is 8. The molecule has 0 aromatic heterocycles. The molecule has 0 aliphatic carbocycles. The Bertz CT molecular complexity index is 503. The molecule has 0 aliphatic heterocycles. The van der Waals surface area contributed by atoms with E-state index < -0.39 is 14.1 Å². The summed E-state index contributed by atoms with van der Waals surface area (Å²) in [5.74, 6) is 0. The molecule has 1 N–H and O–H groups in total. The SMILES string of the molecule is C=Cc1ccc(COC(COP(=O)([O-])O)[N+](C)(C)C)cc1. The zero-order valence-corrected chi connectivity index (χ0v) is 13.5. The molecule has 21 heavy (non-hydrogen) atoms. The van der Waals surface area contributed by atoms with Gasteiger partial charge in [-0.2, -0.15) is 0 Å². The fourth-order valence-corrected chi connectivity index (χ4v) is 1.91. The summed E-state index contributed by atoms with van der Waals surface area (Å²) in [7, 11) is 0.801. The zero-order chi connectivity index (χ0) is 16.1. The molecule has 7 heteroatoms. The summed E-state index contributed by atoms with van der Waals surface area (Å²) in [6.07, 6.45) is 1.22. The highest BCUT2D eigenvalue weighted by Gasteiger charge is 2.26. The van der Waals surface area contributed by atoms with Gasteiger partial charge in [0, 0.05) is 0 Å². The van der Waals surface area contributed by atoms with Gasteiger partial charge in [-0.3, -0.25) is 4.57 Å². The van der Waals surface area contributed by atoms with E-state index in [1.807, 2.05) is 45.4 Å². The average Bonchev–Trinajstić information content (AvgIpc) is 2.36. The molecule has 0 aliphatic rings. The summed E-state index contributed by atoms with van der Waals surface area (Å²) in [6, 6.07) is 7.66. The number of ether oxygens (including phenoxy) is 1. The normalized spacial score (nSPS) is 16.2. The summed E-state index contributed by atoms with van der Waals surface area (Å²) < 4.78 is 21.2. The lowest BCUT2D eigenvalue weighted by Gasteiger charge is -2.34. The van der Waals surface area contributed by atoms with Crippen molar-refractivity contribution in [3.05, 3.63) is 42.0 Å². The number of hydrogen-bond acceptors (Lipinski definition) is 4. The number of quaternary nitrogens is 1. The average molecular weight is 315 g/mol. The molecular formula is C14H22NO5P. The van der Waals surface area contributed by atoms with Crippen LogP contribution in [0.15, 0.2) is 30.8 Å². The van der Waals surface area contributed by atoms with Crippen LogP contribution in [0.5, 0.6) is 0 Å². The van der Waals surface area contributed by atoms with E-state index >= 15 is 0 Å². The molecule has 1 aromatic carbocycles. The largest absolute Gasteiger partial charge is 0.756 e. The number of hydrogen-bond donors (Lipinski definition) is 1. The molecule has 0 bridgehead atoms. The van der Waals surface area contributed by atoms with Gasteiger partial charge in [0.2, 0.25) is 6.23 Å².